The second-order valence-corrected chi connectivity index (χ2v) is 6.65. The van der Waals surface area contributed by atoms with Gasteiger partial charge in [-0.2, -0.15) is 0 Å². The minimum atomic E-state index is -0.399. The number of hydrogen-bond acceptors (Lipinski definition) is 3. The summed E-state index contributed by atoms with van der Waals surface area (Å²) in [5.74, 6) is 0.375. The van der Waals surface area contributed by atoms with E-state index in [2.05, 4.69) is 24.1 Å². The molecule has 0 saturated carbocycles. The van der Waals surface area contributed by atoms with Gasteiger partial charge in [-0.3, -0.25) is 9.78 Å². The molecule has 1 aromatic carbocycles. The van der Waals surface area contributed by atoms with Gasteiger partial charge in [0.2, 0.25) is 0 Å². The molecule has 1 amide bonds. The predicted octanol–water partition coefficient (Wildman–Crippen LogP) is 3.04. The number of rotatable bonds is 5. The Bertz CT molecular complexity index is 681. The number of nitrogens with zero attached hydrogens (tertiary/aromatic N) is 1. The number of fused-ring (bicyclic) bond motifs is 1. The van der Waals surface area contributed by atoms with Gasteiger partial charge in [-0.25, -0.2) is 0 Å². The number of carbonyl (C=O) groups excluding carboxylic acids is 1. The third-order valence-electron chi connectivity index (χ3n) is 3.81. The van der Waals surface area contributed by atoms with Gasteiger partial charge >= 0.3 is 0 Å². The molecule has 3 N–H and O–H groups in total. The minimum absolute atomic E-state index is 0.0877. The van der Waals surface area contributed by atoms with E-state index in [-0.39, 0.29) is 5.91 Å². The lowest BCUT2D eigenvalue weighted by Crippen LogP contribution is -2.52. The lowest BCUT2D eigenvalue weighted by Gasteiger charge is -2.31. The van der Waals surface area contributed by atoms with Crippen LogP contribution >= 0.6 is 0 Å². The van der Waals surface area contributed by atoms with Crippen LogP contribution in [0, 0.1) is 12.8 Å². The van der Waals surface area contributed by atoms with Crippen molar-refractivity contribution in [2.24, 2.45) is 11.7 Å². The number of para-hydroxylation sites is 1. The van der Waals surface area contributed by atoms with Gasteiger partial charge in [0.1, 0.15) is 0 Å². The van der Waals surface area contributed by atoms with Crippen molar-refractivity contribution in [3.8, 4) is 0 Å². The van der Waals surface area contributed by atoms with Crippen LogP contribution in [0.2, 0.25) is 0 Å². The summed E-state index contributed by atoms with van der Waals surface area (Å²) in [7, 11) is 0. The van der Waals surface area contributed by atoms with E-state index < -0.39 is 5.54 Å². The monoisotopic (exact) mass is 299 g/mol. The molecule has 0 fully saturated rings. The second kappa shape index (κ2) is 6.44. The highest BCUT2D eigenvalue weighted by molar-refractivity contribution is 6.06. The Hall–Kier alpha value is -1.94. The highest BCUT2D eigenvalue weighted by Gasteiger charge is 2.27. The number of nitrogens with two attached hydrogens (primary N) is 1. The number of nitrogens with one attached hydrogen (secondary N) is 1. The Labute approximate surface area is 132 Å². The van der Waals surface area contributed by atoms with Crippen LogP contribution < -0.4 is 11.1 Å². The van der Waals surface area contributed by atoms with E-state index in [9.17, 15) is 4.79 Å². The van der Waals surface area contributed by atoms with Crippen LogP contribution in [0.25, 0.3) is 10.9 Å². The summed E-state index contributed by atoms with van der Waals surface area (Å²) in [6.07, 6.45) is 0.844. The van der Waals surface area contributed by atoms with Gasteiger partial charge in [0.25, 0.3) is 5.91 Å². The van der Waals surface area contributed by atoms with Crippen LogP contribution in [-0.2, 0) is 0 Å². The molecule has 4 heteroatoms. The Morgan fingerprint density at radius 1 is 1.36 bits per heavy atom. The number of hydrogen-bond donors (Lipinski definition) is 2. The standard InChI is InChI=1S/C18H25N3O/c1-12(2)10-18(4,11-19)21-17(22)15-9-13(3)20-16-8-6-5-7-14(15)16/h5-9,12H,10-11,19H2,1-4H3,(H,21,22). The number of benzene rings is 1. The number of aryl methyl sites for hydroxylation is 1. The Kier molecular flexibility index (Phi) is 4.81. The molecule has 1 atom stereocenters. The summed E-state index contributed by atoms with van der Waals surface area (Å²) >= 11 is 0. The number of pyridine rings is 1. The second-order valence-electron chi connectivity index (χ2n) is 6.65. The molecule has 0 bridgehead atoms. The minimum Gasteiger partial charge on any atom is -0.346 e. The van der Waals surface area contributed by atoms with Gasteiger partial charge < -0.3 is 11.1 Å². The van der Waals surface area contributed by atoms with Crippen molar-refractivity contribution >= 4 is 16.8 Å². The predicted molar refractivity (Wildman–Crippen MR) is 90.9 cm³/mol. The van der Waals surface area contributed by atoms with Gasteiger partial charge in [0.15, 0.2) is 0 Å². The normalized spacial score (nSPS) is 14.1. The van der Waals surface area contributed by atoms with Crippen LogP contribution in [0.5, 0.6) is 0 Å². The zero-order chi connectivity index (χ0) is 16.3. The van der Waals surface area contributed by atoms with Crippen molar-refractivity contribution < 1.29 is 4.79 Å². The van der Waals surface area contributed by atoms with Gasteiger partial charge in [-0.15, -0.1) is 0 Å². The first kappa shape index (κ1) is 16.4. The molecule has 118 valence electrons. The van der Waals surface area contributed by atoms with Crippen molar-refractivity contribution in [2.75, 3.05) is 6.54 Å². The lowest BCUT2D eigenvalue weighted by molar-refractivity contribution is 0.0900. The number of carbonyl (C=O) groups is 1. The molecular formula is C18H25N3O. The van der Waals surface area contributed by atoms with E-state index in [1.165, 1.54) is 0 Å². The fourth-order valence-corrected chi connectivity index (χ4v) is 2.92. The van der Waals surface area contributed by atoms with E-state index in [0.717, 1.165) is 23.0 Å². The molecule has 2 rings (SSSR count). The van der Waals surface area contributed by atoms with E-state index in [1.807, 2.05) is 44.2 Å². The molecule has 0 spiro atoms. The van der Waals surface area contributed by atoms with E-state index in [0.29, 0.717) is 18.0 Å². The summed E-state index contributed by atoms with van der Waals surface area (Å²) < 4.78 is 0. The van der Waals surface area contributed by atoms with Gasteiger partial charge in [0.05, 0.1) is 11.1 Å². The zero-order valence-electron chi connectivity index (χ0n) is 13.8. The van der Waals surface area contributed by atoms with Crippen molar-refractivity contribution in [1.82, 2.24) is 10.3 Å². The molecular weight excluding hydrogens is 274 g/mol. The zero-order valence-corrected chi connectivity index (χ0v) is 13.8. The summed E-state index contributed by atoms with van der Waals surface area (Å²) in [6, 6.07) is 9.55. The molecule has 0 saturated heterocycles. The van der Waals surface area contributed by atoms with Crippen LogP contribution in [-0.4, -0.2) is 23.0 Å². The third-order valence-corrected chi connectivity index (χ3v) is 3.81. The maximum atomic E-state index is 12.8. The van der Waals surface area contributed by atoms with Crippen LogP contribution in [0.4, 0.5) is 0 Å². The van der Waals surface area contributed by atoms with Crippen LogP contribution in [0.15, 0.2) is 30.3 Å². The van der Waals surface area contributed by atoms with E-state index >= 15 is 0 Å². The average Bonchev–Trinajstić information content (AvgIpc) is 2.45. The van der Waals surface area contributed by atoms with Crippen LogP contribution in [0.3, 0.4) is 0 Å². The summed E-state index contributed by atoms with van der Waals surface area (Å²) in [4.78, 5) is 17.3. The molecule has 22 heavy (non-hydrogen) atoms. The maximum absolute atomic E-state index is 12.8. The summed E-state index contributed by atoms with van der Waals surface area (Å²) in [5.41, 5.74) is 7.83. The summed E-state index contributed by atoms with van der Waals surface area (Å²) in [5, 5.41) is 3.99. The average molecular weight is 299 g/mol. The van der Waals surface area contributed by atoms with Crippen molar-refractivity contribution in [3.05, 3.63) is 41.6 Å². The fourth-order valence-electron chi connectivity index (χ4n) is 2.92. The molecule has 4 nitrogen and oxygen atoms in total. The Morgan fingerprint density at radius 2 is 2.05 bits per heavy atom. The first-order chi connectivity index (χ1) is 10.3. The molecule has 1 aromatic heterocycles. The highest BCUT2D eigenvalue weighted by Crippen LogP contribution is 2.21. The Morgan fingerprint density at radius 3 is 2.68 bits per heavy atom. The molecule has 2 aromatic rings. The van der Waals surface area contributed by atoms with Gasteiger partial charge in [-0.1, -0.05) is 32.0 Å². The largest absolute Gasteiger partial charge is 0.346 e. The molecule has 0 aliphatic heterocycles. The van der Waals surface area contributed by atoms with Crippen LogP contribution in [0.1, 0.15) is 43.2 Å². The van der Waals surface area contributed by atoms with E-state index in [1.54, 1.807) is 0 Å². The van der Waals surface area contributed by atoms with Gasteiger partial charge in [-0.05, 0) is 38.3 Å². The van der Waals surface area contributed by atoms with Crippen molar-refractivity contribution in [2.45, 2.75) is 39.7 Å². The van der Waals surface area contributed by atoms with Gasteiger partial charge in [0, 0.05) is 23.2 Å². The molecule has 0 aliphatic rings. The molecule has 0 radical (unpaired) electrons. The lowest BCUT2D eigenvalue weighted by atomic mass is 9.90. The smallest absolute Gasteiger partial charge is 0.252 e. The maximum Gasteiger partial charge on any atom is 0.252 e. The SMILES string of the molecule is Cc1cc(C(=O)NC(C)(CN)CC(C)C)c2ccccc2n1. The molecule has 0 aliphatic carbocycles. The summed E-state index contributed by atoms with van der Waals surface area (Å²) in [6.45, 7) is 8.58. The molecule has 1 heterocycles. The topological polar surface area (TPSA) is 68.0 Å². The Balaban J connectivity index is 2.37. The highest BCUT2D eigenvalue weighted by atomic mass is 16.1. The van der Waals surface area contributed by atoms with Crippen molar-refractivity contribution in [3.63, 3.8) is 0 Å². The quantitative estimate of drug-likeness (QED) is 0.891. The number of aromatic nitrogens is 1. The fraction of sp³-hybridized carbons (Fsp3) is 0.444. The first-order valence-corrected chi connectivity index (χ1v) is 7.73. The third kappa shape index (κ3) is 3.63. The van der Waals surface area contributed by atoms with Crippen molar-refractivity contribution in [1.29, 1.82) is 0 Å². The van der Waals surface area contributed by atoms with E-state index in [4.69, 9.17) is 5.73 Å². The molecule has 1 unspecified atom stereocenters. The first-order valence-electron chi connectivity index (χ1n) is 7.73. The number of amides is 1.